The molecule has 1 aliphatic rings. The van der Waals surface area contributed by atoms with Gasteiger partial charge in [0.2, 0.25) is 0 Å². The number of aromatic nitrogens is 1. The van der Waals surface area contributed by atoms with Crippen LogP contribution in [0.25, 0.3) is 10.9 Å². The van der Waals surface area contributed by atoms with E-state index in [0.717, 1.165) is 61.3 Å². The fourth-order valence-electron chi connectivity index (χ4n) is 3.78. The van der Waals surface area contributed by atoms with Crippen molar-refractivity contribution in [3.8, 4) is 0 Å². The number of fused-ring (bicyclic) bond motifs is 1. The third kappa shape index (κ3) is 6.34. The van der Waals surface area contributed by atoms with Crippen LogP contribution in [0.5, 0.6) is 0 Å². The number of hydrogen-bond donors (Lipinski definition) is 3. The highest BCUT2D eigenvalue weighted by Gasteiger charge is 2.19. The number of benzene rings is 1. The molecule has 0 saturated carbocycles. The molecule has 2 aromatic rings. The fraction of sp³-hybridized carbons (Fsp3) is 0.571. The Labute approximate surface area is 184 Å². The van der Waals surface area contributed by atoms with E-state index in [2.05, 4.69) is 34.4 Å². The van der Waals surface area contributed by atoms with Crippen LogP contribution >= 0.6 is 24.0 Å². The zero-order valence-electron chi connectivity index (χ0n) is 16.9. The van der Waals surface area contributed by atoms with Crippen molar-refractivity contribution < 1.29 is 4.39 Å². The van der Waals surface area contributed by atoms with Crippen LogP contribution < -0.4 is 10.6 Å². The van der Waals surface area contributed by atoms with Gasteiger partial charge in [-0.05, 0) is 62.9 Å². The topological polar surface area (TPSA) is 55.5 Å². The summed E-state index contributed by atoms with van der Waals surface area (Å²) in [4.78, 5) is 10.5. The highest BCUT2D eigenvalue weighted by Crippen LogP contribution is 2.19. The first-order valence-corrected chi connectivity index (χ1v) is 10.2. The third-order valence-electron chi connectivity index (χ3n) is 5.19. The average Bonchev–Trinajstić information content (AvgIpc) is 3.06. The van der Waals surface area contributed by atoms with Crippen molar-refractivity contribution in [2.75, 3.05) is 32.7 Å². The standard InChI is InChI=1S/C21H32FN5.HI/c1-3-11-27-12-8-18(9-13-27)26-21(23-4-2)24-10-7-16-15-25-20-6-5-17(22)14-19(16)20;/h5-6,14-15,18,25H,3-4,7-13H2,1-2H3,(H2,23,24,26);1H. The number of halogens is 2. The molecule has 1 aromatic carbocycles. The van der Waals surface area contributed by atoms with Gasteiger partial charge in [0.15, 0.2) is 5.96 Å². The molecule has 7 heteroatoms. The van der Waals surface area contributed by atoms with E-state index in [4.69, 9.17) is 4.99 Å². The monoisotopic (exact) mass is 501 g/mol. The Morgan fingerprint density at radius 1 is 1.29 bits per heavy atom. The molecule has 3 N–H and O–H groups in total. The van der Waals surface area contributed by atoms with E-state index in [-0.39, 0.29) is 29.8 Å². The normalized spacial score (nSPS) is 16.2. The predicted molar refractivity (Wildman–Crippen MR) is 126 cm³/mol. The number of H-pyrrole nitrogens is 1. The maximum atomic E-state index is 13.5. The molecule has 0 aliphatic carbocycles. The first-order chi connectivity index (χ1) is 13.2. The lowest BCUT2D eigenvalue weighted by Crippen LogP contribution is -2.48. The van der Waals surface area contributed by atoms with Crippen LogP contribution in [0.15, 0.2) is 29.4 Å². The number of hydrogen-bond acceptors (Lipinski definition) is 2. The van der Waals surface area contributed by atoms with Crippen LogP contribution in [-0.2, 0) is 6.42 Å². The van der Waals surface area contributed by atoms with E-state index >= 15 is 0 Å². The van der Waals surface area contributed by atoms with Gasteiger partial charge in [-0.2, -0.15) is 0 Å². The quantitative estimate of drug-likeness (QED) is 0.307. The molecule has 0 atom stereocenters. The van der Waals surface area contributed by atoms with Crippen LogP contribution in [-0.4, -0.2) is 54.6 Å². The number of rotatable bonds is 7. The maximum Gasteiger partial charge on any atom is 0.191 e. The number of guanidine groups is 1. The van der Waals surface area contributed by atoms with Crippen molar-refractivity contribution in [2.45, 2.75) is 45.6 Å². The summed E-state index contributed by atoms with van der Waals surface area (Å²) in [6, 6.07) is 5.35. The summed E-state index contributed by atoms with van der Waals surface area (Å²) in [7, 11) is 0. The second-order valence-electron chi connectivity index (χ2n) is 7.27. The number of piperidine rings is 1. The smallest absolute Gasteiger partial charge is 0.191 e. The lowest BCUT2D eigenvalue weighted by atomic mass is 10.1. The maximum absolute atomic E-state index is 13.5. The predicted octanol–water partition coefficient (Wildman–Crippen LogP) is 3.90. The van der Waals surface area contributed by atoms with Crippen LogP contribution in [0.3, 0.4) is 0 Å². The van der Waals surface area contributed by atoms with Crippen molar-refractivity contribution in [1.82, 2.24) is 20.5 Å². The summed E-state index contributed by atoms with van der Waals surface area (Å²) in [5.41, 5.74) is 2.08. The zero-order chi connectivity index (χ0) is 19.1. The Kier molecular flexibility index (Phi) is 9.50. The van der Waals surface area contributed by atoms with Gasteiger partial charge in [0.25, 0.3) is 0 Å². The van der Waals surface area contributed by atoms with Crippen molar-refractivity contribution in [2.24, 2.45) is 4.99 Å². The summed E-state index contributed by atoms with van der Waals surface area (Å²) >= 11 is 0. The molecule has 1 saturated heterocycles. The summed E-state index contributed by atoms with van der Waals surface area (Å²) in [5.74, 6) is 0.689. The Balaban J connectivity index is 0.00000280. The SMILES string of the molecule is CCCN1CCC(NC(=NCCc2c[nH]c3ccc(F)cc23)NCC)CC1.I. The first-order valence-electron chi connectivity index (χ1n) is 10.2. The van der Waals surface area contributed by atoms with Gasteiger partial charge in [-0.1, -0.05) is 6.92 Å². The molecule has 156 valence electrons. The molecule has 0 amide bonds. The Morgan fingerprint density at radius 2 is 2.07 bits per heavy atom. The summed E-state index contributed by atoms with van der Waals surface area (Å²) in [6.45, 7) is 9.36. The van der Waals surface area contributed by atoms with Gasteiger partial charge in [-0.3, -0.25) is 4.99 Å². The van der Waals surface area contributed by atoms with Crippen molar-refractivity contribution >= 4 is 40.8 Å². The fourth-order valence-corrected chi connectivity index (χ4v) is 3.78. The largest absolute Gasteiger partial charge is 0.361 e. The number of likely N-dealkylation sites (tertiary alicyclic amines) is 1. The Morgan fingerprint density at radius 3 is 2.79 bits per heavy atom. The molecule has 2 heterocycles. The summed E-state index contributed by atoms with van der Waals surface area (Å²) in [6.07, 6.45) is 6.29. The van der Waals surface area contributed by atoms with Gasteiger partial charge in [0.1, 0.15) is 5.82 Å². The van der Waals surface area contributed by atoms with Gasteiger partial charge in [0, 0.05) is 49.3 Å². The van der Waals surface area contributed by atoms with Crippen molar-refractivity contribution in [3.05, 3.63) is 35.8 Å². The molecule has 0 spiro atoms. The van der Waals surface area contributed by atoms with Gasteiger partial charge in [-0.25, -0.2) is 4.39 Å². The van der Waals surface area contributed by atoms with Crippen LogP contribution in [0.2, 0.25) is 0 Å². The molecule has 1 aliphatic heterocycles. The lowest BCUT2D eigenvalue weighted by Gasteiger charge is -2.32. The van der Waals surface area contributed by atoms with E-state index in [1.807, 2.05) is 6.20 Å². The average molecular weight is 501 g/mol. The van der Waals surface area contributed by atoms with E-state index in [1.165, 1.54) is 19.0 Å². The van der Waals surface area contributed by atoms with Gasteiger partial charge < -0.3 is 20.5 Å². The molecule has 3 rings (SSSR count). The highest BCUT2D eigenvalue weighted by molar-refractivity contribution is 14.0. The van der Waals surface area contributed by atoms with Crippen molar-refractivity contribution in [1.29, 1.82) is 0 Å². The number of nitrogens with one attached hydrogen (secondary N) is 3. The molecule has 1 fully saturated rings. The van der Waals surface area contributed by atoms with Crippen LogP contribution in [0.1, 0.15) is 38.7 Å². The highest BCUT2D eigenvalue weighted by atomic mass is 127. The number of nitrogens with zero attached hydrogens (tertiary/aromatic N) is 2. The van der Waals surface area contributed by atoms with E-state index < -0.39 is 0 Å². The second-order valence-corrected chi connectivity index (χ2v) is 7.27. The van der Waals surface area contributed by atoms with Gasteiger partial charge >= 0.3 is 0 Å². The minimum Gasteiger partial charge on any atom is -0.361 e. The van der Waals surface area contributed by atoms with Gasteiger partial charge in [-0.15, -0.1) is 24.0 Å². The Hall–Kier alpha value is -1.35. The number of aliphatic imine (C=N–C) groups is 1. The molecule has 0 bridgehead atoms. The van der Waals surface area contributed by atoms with Crippen LogP contribution in [0, 0.1) is 5.82 Å². The molecule has 0 unspecified atom stereocenters. The van der Waals surface area contributed by atoms with Crippen molar-refractivity contribution in [3.63, 3.8) is 0 Å². The second kappa shape index (κ2) is 11.6. The Bertz CT molecular complexity index is 752. The van der Waals surface area contributed by atoms with Gasteiger partial charge in [0.05, 0.1) is 0 Å². The minimum absolute atomic E-state index is 0. The minimum atomic E-state index is -0.198. The summed E-state index contributed by atoms with van der Waals surface area (Å²) in [5, 5.41) is 7.89. The number of aromatic amines is 1. The van der Waals surface area contributed by atoms with E-state index in [0.29, 0.717) is 12.6 Å². The third-order valence-corrected chi connectivity index (χ3v) is 5.19. The van der Waals surface area contributed by atoms with Crippen LogP contribution in [0.4, 0.5) is 4.39 Å². The molecule has 1 aromatic heterocycles. The first kappa shape index (κ1) is 22.9. The molecule has 0 radical (unpaired) electrons. The summed E-state index contributed by atoms with van der Waals surface area (Å²) < 4.78 is 13.5. The van der Waals surface area contributed by atoms with E-state index in [9.17, 15) is 4.39 Å². The lowest BCUT2D eigenvalue weighted by molar-refractivity contribution is 0.206. The molecule has 28 heavy (non-hydrogen) atoms. The molecular weight excluding hydrogens is 468 g/mol. The molecule has 5 nitrogen and oxygen atoms in total. The zero-order valence-corrected chi connectivity index (χ0v) is 19.3. The molecular formula is C21H33FIN5. The van der Waals surface area contributed by atoms with E-state index in [1.54, 1.807) is 12.1 Å².